The van der Waals surface area contributed by atoms with Gasteiger partial charge in [0.1, 0.15) is 23.9 Å². The minimum atomic E-state index is -0.0197. The number of thiophene rings is 1. The van der Waals surface area contributed by atoms with Crippen molar-refractivity contribution >= 4 is 23.2 Å². The second kappa shape index (κ2) is 10.3. The first-order chi connectivity index (χ1) is 15.6. The maximum absolute atomic E-state index is 12.5. The number of carbonyl (C=O) groups is 1. The van der Waals surface area contributed by atoms with Crippen LogP contribution in [0.3, 0.4) is 0 Å². The van der Waals surface area contributed by atoms with Gasteiger partial charge >= 0.3 is 0 Å². The van der Waals surface area contributed by atoms with Gasteiger partial charge in [-0.15, -0.1) is 11.3 Å². The summed E-state index contributed by atoms with van der Waals surface area (Å²) in [5, 5.41) is 0. The van der Waals surface area contributed by atoms with Crippen LogP contribution in [0.4, 0.5) is 0 Å². The normalized spacial score (nSPS) is 11.3. The second-order valence-electron chi connectivity index (χ2n) is 7.94. The average molecular weight is 443 g/mol. The SMILES string of the molecule is CC(C)c1ccc(OCc2ccc(C=CC(=O)c3ccc(Cc4ccccc4)s3)o2)cc1. The molecule has 0 amide bonds. The zero-order chi connectivity index (χ0) is 22.3. The monoisotopic (exact) mass is 442 g/mol. The molecule has 0 atom stereocenters. The minimum absolute atomic E-state index is 0.0197. The van der Waals surface area contributed by atoms with Crippen LogP contribution in [0.1, 0.15) is 57.0 Å². The third kappa shape index (κ3) is 5.86. The highest BCUT2D eigenvalue weighted by Crippen LogP contribution is 2.22. The molecule has 0 fully saturated rings. The van der Waals surface area contributed by atoms with E-state index in [0.717, 1.165) is 17.0 Å². The van der Waals surface area contributed by atoms with Gasteiger partial charge in [0.2, 0.25) is 0 Å². The van der Waals surface area contributed by atoms with E-state index in [-0.39, 0.29) is 5.78 Å². The van der Waals surface area contributed by atoms with E-state index >= 15 is 0 Å². The van der Waals surface area contributed by atoms with Gasteiger partial charge < -0.3 is 9.15 Å². The van der Waals surface area contributed by atoms with Gasteiger partial charge in [-0.3, -0.25) is 4.79 Å². The van der Waals surface area contributed by atoms with Crippen LogP contribution in [0.5, 0.6) is 5.75 Å². The summed E-state index contributed by atoms with van der Waals surface area (Å²) in [7, 11) is 0. The van der Waals surface area contributed by atoms with Crippen molar-refractivity contribution in [1.82, 2.24) is 0 Å². The molecule has 2 heterocycles. The minimum Gasteiger partial charge on any atom is -0.486 e. The number of allylic oxidation sites excluding steroid dienone is 1. The van der Waals surface area contributed by atoms with Gasteiger partial charge in [-0.1, -0.05) is 56.3 Å². The van der Waals surface area contributed by atoms with Crippen molar-refractivity contribution in [2.75, 3.05) is 0 Å². The number of benzene rings is 2. The van der Waals surface area contributed by atoms with Gasteiger partial charge in [0, 0.05) is 11.3 Å². The lowest BCUT2D eigenvalue weighted by Gasteiger charge is -2.07. The van der Waals surface area contributed by atoms with Crippen LogP contribution in [-0.2, 0) is 13.0 Å². The Balaban J connectivity index is 1.31. The van der Waals surface area contributed by atoms with Gasteiger partial charge in [0.15, 0.2) is 5.78 Å². The summed E-state index contributed by atoms with van der Waals surface area (Å²) >= 11 is 1.53. The maximum Gasteiger partial charge on any atom is 0.195 e. The Bertz CT molecular complexity index is 1180. The third-order valence-corrected chi connectivity index (χ3v) is 6.23. The fraction of sp³-hybridized carbons (Fsp3) is 0.179. The molecule has 2 aromatic carbocycles. The Hall–Kier alpha value is -3.37. The molecule has 0 saturated carbocycles. The molecule has 4 rings (SSSR count). The van der Waals surface area contributed by atoms with Crippen LogP contribution in [0.25, 0.3) is 6.08 Å². The second-order valence-corrected chi connectivity index (χ2v) is 9.11. The fourth-order valence-corrected chi connectivity index (χ4v) is 4.27. The van der Waals surface area contributed by atoms with E-state index in [4.69, 9.17) is 9.15 Å². The van der Waals surface area contributed by atoms with E-state index in [1.54, 1.807) is 12.2 Å². The Morgan fingerprint density at radius 3 is 2.50 bits per heavy atom. The molecule has 4 aromatic rings. The molecule has 0 radical (unpaired) electrons. The summed E-state index contributed by atoms with van der Waals surface area (Å²) in [5.41, 5.74) is 2.52. The largest absolute Gasteiger partial charge is 0.486 e. The lowest BCUT2D eigenvalue weighted by atomic mass is 10.0. The number of furan rings is 1. The van der Waals surface area contributed by atoms with Gasteiger partial charge in [0.25, 0.3) is 0 Å². The van der Waals surface area contributed by atoms with Crippen molar-refractivity contribution in [2.45, 2.75) is 32.8 Å². The molecular weight excluding hydrogens is 416 g/mol. The van der Waals surface area contributed by atoms with E-state index in [9.17, 15) is 4.79 Å². The highest BCUT2D eigenvalue weighted by Gasteiger charge is 2.08. The molecule has 0 bridgehead atoms. The predicted molar refractivity (Wildman–Crippen MR) is 131 cm³/mol. The standard InChI is InChI=1S/C28H26O3S/c1-20(2)22-8-10-23(11-9-22)30-19-25-13-12-24(31-25)14-16-27(29)28-17-15-26(32-28)18-21-6-4-3-5-7-21/h3-17,20H,18-19H2,1-2H3. The highest BCUT2D eigenvalue weighted by molar-refractivity contribution is 7.14. The molecule has 0 spiro atoms. The molecule has 0 N–H and O–H groups in total. The zero-order valence-corrected chi connectivity index (χ0v) is 19.1. The van der Waals surface area contributed by atoms with Crippen molar-refractivity contribution in [1.29, 1.82) is 0 Å². The smallest absolute Gasteiger partial charge is 0.195 e. The van der Waals surface area contributed by atoms with Crippen LogP contribution in [0.2, 0.25) is 0 Å². The van der Waals surface area contributed by atoms with Crippen LogP contribution in [0, 0.1) is 0 Å². The van der Waals surface area contributed by atoms with E-state index in [0.29, 0.717) is 24.0 Å². The molecule has 0 aliphatic heterocycles. The molecule has 32 heavy (non-hydrogen) atoms. The molecule has 4 heteroatoms. The number of rotatable bonds is 9. The number of ketones is 1. The van der Waals surface area contributed by atoms with E-state index in [1.807, 2.05) is 54.6 Å². The first-order valence-electron chi connectivity index (χ1n) is 10.7. The van der Waals surface area contributed by atoms with E-state index < -0.39 is 0 Å². The van der Waals surface area contributed by atoms with E-state index in [1.165, 1.54) is 27.3 Å². The number of hydrogen-bond donors (Lipinski definition) is 0. The lowest BCUT2D eigenvalue weighted by Crippen LogP contribution is -1.94. The van der Waals surface area contributed by atoms with Crippen molar-refractivity contribution in [2.24, 2.45) is 0 Å². The van der Waals surface area contributed by atoms with Crippen LogP contribution < -0.4 is 4.74 Å². The summed E-state index contributed by atoms with van der Waals surface area (Å²) < 4.78 is 11.6. The summed E-state index contributed by atoms with van der Waals surface area (Å²) in [4.78, 5) is 14.4. The number of hydrogen-bond acceptors (Lipinski definition) is 4. The maximum atomic E-state index is 12.5. The van der Waals surface area contributed by atoms with Crippen LogP contribution in [-0.4, -0.2) is 5.78 Å². The lowest BCUT2D eigenvalue weighted by molar-refractivity contribution is 0.105. The first-order valence-corrected chi connectivity index (χ1v) is 11.5. The van der Waals surface area contributed by atoms with Crippen molar-refractivity contribution in [3.8, 4) is 5.75 Å². The molecule has 0 aliphatic carbocycles. The summed E-state index contributed by atoms with van der Waals surface area (Å²) in [6, 6.07) is 26.0. The molecule has 0 saturated heterocycles. The average Bonchev–Trinajstić information content (AvgIpc) is 3.47. The molecule has 162 valence electrons. The van der Waals surface area contributed by atoms with Crippen molar-refractivity contribution in [3.63, 3.8) is 0 Å². The van der Waals surface area contributed by atoms with Gasteiger partial charge in [-0.25, -0.2) is 0 Å². The molecule has 0 aliphatic rings. The van der Waals surface area contributed by atoms with Crippen LogP contribution in [0.15, 0.2) is 89.4 Å². The third-order valence-electron chi connectivity index (χ3n) is 5.13. The van der Waals surface area contributed by atoms with Crippen LogP contribution >= 0.6 is 11.3 Å². The molecular formula is C28H26O3S. The molecule has 3 nitrogen and oxygen atoms in total. The fourth-order valence-electron chi connectivity index (χ4n) is 3.31. The topological polar surface area (TPSA) is 39.4 Å². The number of ether oxygens (including phenoxy) is 1. The number of carbonyl (C=O) groups excluding carboxylic acids is 1. The Kier molecular flexibility index (Phi) is 7.03. The summed E-state index contributed by atoms with van der Waals surface area (Å²) in [5.74, 6) is 2.63. The Labute approximate surface area is 193 Å². The summed E-state index contributed by atoms with van der Waals surface area (Å²) in [6.07, 6.45) is 4.11. The molecule has 0 unspecified atom stereocenters. The van der Waals surface area contributed by atoms with Crippen molar-refractivity contribution < 1.29 is 13.9 Å². The highest BCUT2D eigenvalue weighted by atomic mass is 32.1. The first kappa shape index (κ1) is 21.8. The Morgan fingerprint density at radius 1 is 0.969 bits per heavy atom. The molecule has 2 aromatic heterocycles. The van der Waals surface area contributed by atoms with Gasteiger partial charge in [0.05, 0.1) is 4.88 Å². The predicted octanol–water partition coefficient (Wildman–Crippen LogP) is 7.53. The summed E-state index contributed by atoms with van der Waals surface area (Å²) in [6.45, 7) is 4.68. The Morgan fingerprint density at radius 2 is 1.75 bits per heavy atom. The van der Waals surface area contributed by atoms with E-state index in [2.05, 4.69) is 38.1 Å². The van der Waals surface area contributed by atoms with Crippen molar-refractivity contribution in [3.05, 3.63) is 117 Å². The van der Waals surface area contributed by atoms with Gasteiger partial charge in [-0.2, -0.15) is 0 Å². The zero-order valence-electron chi connectivity index (χ0n) is 18.3. The quantitative estimate of drug-likeness (QED) is 0.199. The van der Waals surface area contributed by atoms with Gasteiger partial charge in [-0.05, 0) is 65.6 Å².